The highest BCUT2D eigenvalue weighted by atomic mass is 16.5. The molecule has 2 N–H and O–H groups in total. The molecule has 0 radical (unpaired) electrons. The second-order valence-corrected chi connectivity index (χ2v) is 6.70. The van der Waals surface area contributed by atoms with Crippen LogP contribution in [0.15, 0.2) is 42.6 Å². The molecule has 1 aromatic heterocycles. The lowest BCUT2D eigenvalue weighted by molar-refractivity contribution is 0.138. The second kappa shape index (κ2) is 7.85. The Labute approximate surface area is 148 Å². The third-order valence-electron chi connectivity index (χ3n) is 4.85. The van der Waals surface area contributed by atoms with Gasteiger partial charge in [0.05, 0.1) is 13.2 Å². The molecule has 0 bridgehead atoms. The van der Waals surface area contributed by atoms with E-state index in [0.29, 0.717) is 18.5 Å². The van der Waals surface area contributed by atoms with Crippen LogP contribution in [0.3, 0.4) is 0 Å². The summed E-state index contributed by atoms with van der Waals surface area (Å²) in [6.45, 7) is 3.28. The predicted octanol–water partition coefficient (Wildman–Crippen LogP) is 3.29. The molecule has 0 amide bonds. The van der Waals surface area contributed by atoms with Crippen molar-refractivity contribution >= 4 is 5.69 Å². The van der Waals surface area contributed by atoms with Gasteiger partial charge in [-0.1, -0.05) is 18.2 Å². The summed E-state index contributed by atoms with van der Waals surface area (Å²) in [7, 11) is 0. The quantitative estimate of drug-likeness (QED) is 0.875. The third-order valence-corrected chi connectivity index (χ3v) is 4.85. The second-order valence-electron chi connectivity index (χ2n) is 6.70. The van der Waals surface area contributed by atoms with Gasteiger partial charge in [0.25, 0.3) is 0 Å². The van der Waals surface area contributed by atoms with Crippen LogP contribution in [0.25, 0.3) is 0 Å². The summed E-state index contributed by atoms with van der Waals surface area (Å²) in [6, 6.07) is 13.0. The lowest BCUT2D eigenvalue weighted by Gasteiger charge is -2.19. The van der Waals surface area contributed by atoms with Crippen LogP contribution in [-0.2, 0) is 11.3 Å². The highest BCUT2D eigenvalue weighted by molar-refractivity contribution is 5.53. The molecule has 3 heterocycles. The molecule has 2 aliphatic heterocycles. The number of anilines is 1. The minimum absolute atomic E-state index is 0.135. The van der Waals surface area contributed by atoms with E-state index in [2.05, 4.69) is 39.9 Å². The van der Waals surface area contributed by atoms with Crippen molar-refractivity contribution in [1.82, 2.24) is 10.3 Å². The number of hydrogen-bond acceptors (Lipinski definition) is 5. The summed E-state index contributed by atoms with van der Waals surface area (Å²) in [4.78, 5) is 4.33. The Morgan fingerprint density at radius 3 is 3.12 bits per heavy atom. The third kappa shape index (κ3) is 4.11. The fourth-order valence-electron chi connectivity index (χ4n) is 3.50. The van der Waals surface area contributed by atoms with Gasteiger partial charge < -0.3 is 20.1 Å². The normalized spacial score (nSPS) is 22.7. The summed E-state index contributed by atoms with van der Waals surface area (Å²) >= 11 is 0. The number of para-hydroxylation sites is 1. The first kappa shape index (κ1) is 16.4. The van der Waals surface area contributed by atoms with Gasteiger partial charge in [0.15, 0.2) is 0 Å². The van der Waals surface area contributed by atoms with E-state index in [0.717, 1.165) is 32.5 Å². The van der Waals surface area contributed by atoms with E-state index in [9.17, 15) is 0 Å². The average Bonchev–Trinajstić information content (AvgIpc) is 3.06. The number of aromatic nitrogens is 1. The summed E-state index contributed by atoms with van der Waals surface area (Å²) < 4.78 is 11.3. The van der Waals surface area contributed by atoms with Crippen LogP contribution in [0.2, 0.25) is 0 Å². The van der Waals surface area contributed by atoms with Gasteiger partial charge in [-0.2, -0.15) is 0 Å². The minimum Gasteiger partial charge on any atom is -0.472 e. The Morgan fingerprint density at radius 1 is 1.24 bits per heavy atom. The maximum absolute atomic E-state index is 5.91. The first-order valence-corrected chi connectivity index (χ1v) is 9.14. The van der Waals surface area contributed by atoms with E-state index < -0.39 is 0 Å². The number of pyridine rings is 1. The number of nitrogens with one attached hydrogen (secondary N) is 2. The van der Waals surface area contributed by atoms with Gasteiger partial charge in [-0.05, 0) is 36.1 Å². The zero-order valence-electron chi connectivity index (χ0n) is 14.4. The molecule has 5 nitrogen and oxygen atoms in total. The van der Waals surface area contributed by atoms with Crippen molar-refractivity contribution in [2.75, 3.05) is 25.1 Å². The Kier molecular flexibility index (Phi) is 5.14. The highest BCUT2D eigenvalue weighted by Crippen LogP contribution is 2.29. The van der Waals surface area contributed by atoms with Crippen molar-refractivity contribution in [3.8, 4) is 5.88 Å². The van der Waals surface area contributed by atoms with Crippen molar-refractivity contribution < 1.29 is 9.47 Å². The zero-order valence-corrected chi connectivity index (χ0v) is 14.4. The zero-order chi connectivity index (χ0) is 16.9. The van der Waals surface area contributed by atoms with Gasteiger partial charge in [0.1, 0.15) is 6.10 Å². The summed E-state index contributed by atoms with van der Waals surface area (Å²) in [5.41, 5.74) is 3.80. The van der Waals surface area contributed by atoms with Crippen LogP contribution in [0.1, 0.15) is 36.4 Å². The number of benzene rings is 1. The van der Waals surface area contributed by atoms with E-state index >= 15 is 0 Å². The molecule has 0 spiro atoms. The molecule has 0 aliphatic carbocycles. The van der Waals surface area contributed by atoms with Crippen molar-refractivity contribution in [1.29, 1.82) is 0 Å². The topological polar surface area (TPSA) is 55.4 Å². The Bertz CT molecular complexity index is 701. The maximum Gasteiger partial charge on any atom is 0.213 e. The molecular weight excluding hydrogens is 314 g/mol. The molecule has 1 saturated heterocycles. The molecule has 0 unspecified atom stereocenters. The smallest absolute Gasteiger partial charge is 0.213 e. The van der Waals surface area contributed by atoms with Crippen LogP contribution in [0, 0.1) is 0 Å². The van der Waals surface area contributed by atoms with Crippen molar-refractivity contribution in [3.63, 3.8) is 0 Å². The van der Waals surface area contributed by atoms with E-state index in [1.807, 2.05) is 18.3 Å². The first-order chi connectivity index (χ1) is 12.4. The Morgan fingerprint density at radius 2 is 2.20 bits per heavy atom. The van der Waals surface area contributed by atoms with Crippen LogP contribution >= 0.6 is 0 Å². The minimum atomic E-state index is 0.135. The average molecular weight is 339 g/mol. The molecule has 1 fully saturated rings. The maximum atomic E-state index is 5.91. The van der Waals surface area contributed by atoms with Gasteiger partial charge in [-0.15, -0.1) is 0 Å². The van der Waals surface area contributed by atoms with Crippen molar-refractivity contribution in [2.45, 2.75) is 38.0 Å². The largest absolute Gasteiger partial charge is 0.472 e. The van der Waals surface area contributed by atoms with Gasteiger partial charge in [0.2, 0.25) is 5.88 Å². The SMILES string of the molecule is c1ccc2c(c1)NCCC[C@H]2NCc1ccnc(O[C@H]2CCOC2)c1. The molecule has 2 aliphatic rings. The van der Waals surface area contributed by atoms with E-state index in [4.69, 9.17) is 9.47 Å². The van der Waals surface area contributed by atoms with Crippen LogP contribution in [0.5, 0.6) is 5.88 Å². The van der Waals surface area contributed by atoms with E-state index in [-0.39, 0.29) is 6.10 Å². The van der Waals surface area contributed by atoms with Crippen LogP contribution in [0.4, 0.5) is 5.69 Å². The van der Waals surface area contributed by atoms with Crippen molar-refractivity contribution in [2.24, 2.45) is 0 Å². The lowest BCUT2D eigenvalue weighted by Crippen LogP contribution is -2.21. The number of hydrogen-bond donors (Lipinski definition) is 2. The first-order valence-electron chi connectivity index (χ1n) is 9.14. The fourth-order valence-corrected chi connectivity index (χ4v) is 3.50. The Hall–Kier alpha value is -2.11. The highest BCUT2D eigenvalue weighted by Gasteiger charge is 2.19. The van der Waals surface area contributed by atoms with Crippen molar-refractivity contribution in [3.05, 3.63) is 53.7 Å². The van der Waals surface area contributed by atoms with E-state index in [1.165, 1.54) is 23.2 Å². The monoisotopic (exact) mass is 339 g/mol. The van der Waals surface area contributed by atoms with Crippen LogP contribution < -0.4 is 15.4 Å². The summed E-state index contributed by atoms with van der Waals surface area (Å²) in [5.74, 6) is 0.692. The summed E-state index contributed by atoms with van der Waals surface area (Å²) in [5, 5.41) is 7.23. The predicted molar refractivity (Wildman–Crippen MR) is 97.8 cm³/mol. The Balaban J connectivity index is 1.41. The van der Waals surface area contributed by atoms with Gasteiger partial charge >= 0.3 is 0 Å². The molecule has 25 heavy (non-hydrogen) atoms. The molecule has 1 aromatic carbocycles. The summed E-state index contributed by atoms with van der Waals surface area (Å²) in [6.07, 6.45) is 5.20. The molecule has 4 rings (SSSR count). The number of nitrogens with zero attached hydrogens (tertiary/aromatic N) is 1. The number of ether oxygens (including phenoxy) is 2. The van der Waals surface area contributed by atoms with Gasteiger partial charge in [-0.25, -0.2) is 4.98 Å². The molecular formula is C20H25N3O2. The number of rotatable bonds is 5. The number of fused-ring (bicyclic) bond motifs is 1. The standard InChI is InChI=1S/C20H25N3O2/c1-2-5-18-17(4-1)19(6-3-9-21-18)23-13-15-7-10-22-20(12-15)25-16-8-11-24-14-16/h1-2,4-5,7,10,12,16,19,21,23H,3,6,8-9,11,13-14H2/t16-,19+/m0/s1. The molecule has 132 valence electrons. The molecule has 0 saturated carbocycles. The molecule has 2 aromatic rings. The lowest BCUT2D eigenvalue weighted by atomic mass is 10.0. The van der Waals surface area contributed by atoms with E-state index in [1.54, 1.807) is 0 Å². The molecule has 5 heteroatoms. The van der Waals surface area contributed by atoms with Gasteiger partial charge in [-0.3, -0.25) is 0 Å². The molecule has 2 atom stereocenters. The van der Waals surface area contributed by atoms with Gasteiger partial charge in [0, 0.05) is 43.5 Å². The van der Waals surface area contributed by atoms with Crippen LogP contribution in [-0.4, -0.2) is 30.8 Å². The fraction of sp³-hybridized carbons (Fsp3) is 0.450.